The van der Waals surface area contributed by atoms with E-state index in [0.717, 1.165) is 6.54 Å². The van der Waals surface area contributed by atoms with Crippen molar-refractivity contribution >= 4 is 5.91 Å². The van der Waals surface area contributed by atoms with Crippen LogP contribution in [0.1, 0.15) is 32.1 Å². The summed E-state index contributed by atoms with van der Waals surface area (Å²) in [5, 5.41) is 0. The number of hydrogen-bond acceptors (Lipinski definition) is 2. The van der Waals surface area contributed by atoms with Gasteiger partial charge in [-0.3, -0.25) is 10.2 Å². The van der Waals surface area contributed by atoms with Crippen molar-refractivity contribution < 1.29 is 9.69 Å². The second kappa shape index (κ2) is 5.94. The Morgan fingerprint density at radius 2 is 1.85 bits per heavy atom. The summed E-state index contributed by atoms with van der Waals surface area (Å²) in [6.07, 6.45) is 5.88. The lowest BCUT2D eigenvalue weighted by Crippen LogP contribution is -3.12. The smallest absolute Gasteiger partial charge is 0.239 e. The van der Waals surface area contributed by atoms with Crippen LogP contribution in [0.5, 0.6) is 0 Å². The molecule has 0 aromatic carbocycles. The highest BCUT2D eigenvalue weighted by Gasteiger charge is 2.12. The number of hydrogen-bond donors (Lipinski definition) is 3. The molecule has 0 atom stereocenters. The van der Waals surface area contributed by atoms with Gasteiger partial charge in [-0.05, 0) is 25.7 Å². The van der Waals surface area contributed by atoms with Crippen LogP contribution in [0.25, 0.3) is 0 Å². The third-order valence-electron chi connectivity index (χ3n) is 2.68. The second-order valence-corrected chi connectivity index (χ2v) is 3.73. The zero-order valence-electron chi connectivity index (χ0n) is 8.14. The highest BCUT2D eigenvalue weighted by molar-refractivity contribution is 5.75. The first-order valence-electron chi connectivity index (χ1n) is 5.16. The van der Waals surface area contributed by atoms with E-state index in [1.165, 1.54) is 38.8 Å². The predicted molar refractivity (Wildman–Crippen MR) is 51.0 cm³/mol. The van der Waals surface area contributed by atoms with E-state index in [2.05, 4.69) is 5.43 Å². The quantitative estimate of drug-likeness (QED) is 0.295. The van der Waals surface area contributed by atoms with Gasteiger partial charge in [0, 0.05) is 0 Å². The standard InChI is InChI=1S/C9H19N3O/c10-11-9(13)5-8-12-6-3-1-2-4-7-12/h1-8,10H2,(H,11,13)/p+1. The first-order valence-corrected chi connectivity index (χ1v) is 5.16. The number of amides is 1. The SMILES string of the molecule is NNC(=O)CC[NH+]1CCCCCC1. The minimum absolute atomic E-state index is 0.0447. The minimum Gasteiger partial charge on any atom is -0.335 e. The molecule has 0 aromatic rings. The molecule has 76 valence electrons. The summed E-state index contributed by atoms with van der Waals surface area (Å²) in [7, 11) is 0. The molecular formula is C9H20N3O+. The number of rotatable bonds is 3. The van der Waals surface area contributed by atoms with Crippen molar-refractivity contribution in [2.24, 2.45) is 5.84 Å². The summed E-state index contributed by atoms with van der Waals surface area (Å²) in [6, 6.07) is 0. The van der Waals surface area contributed by atoms with Gasteiger partial charge in [-0.15, -0.1) is 0 Å². The molecule has 0 unspecified atom stereocenters. The fourth-order valence-electron chi connectivity index (χ4n) is 1.84. The van der Waals surface area contributed by atoms with Gasteiger partial charge in [0.1, 0.15) is 0 Å². The highest BCUT2D eigenvalue weighted by Crippen LogP contribution is 1.99. The van der Waals surface area contributed by atoms with Gasteiger partial charge < -0.3 is 4.90 Å². The normalized spacial score (nSPS) is 19.5. The van der Waals surface area contributed by atoms with Crippen LogP contribution in [0, 0.1) is 0 Å². The number of likely N-dealkylation sites (tertiary alicyclic amines) is 1. The summed E-state index contributed by atoms with van der Waals surface area (Å²) in [4.78, 5) is 12.4. The van der Waals surface area contributed by atoms with Gasteiger partial charge in [-0.1, -0.05) is 0 Å². The molecule has 0 bridgehead atoms. The summed E-state index contributed by atoms with van der Waals surface area (Å²) >= 11 is 0. The van der Waals surface area contributed by atoms with Gasteiger partial charge in [-0.2, -0.15) is 0 Å². The van der Waals surface area contributed by atoms with E-state index >= 15 is 0 Å². The number of nitrogens with two attached hydrogens (primary N) is 1. The number of carbonyl (C=O) groups is 1. The fraction of sp³-hybridized carbons (Fsp3) is 0.889. The van der Waals surface area contributed by atoms with Crippen LogP contribution >= 0.6 is 0 Å². The maximum absolute atomic E-state index is 10.9. The topological polar surface area (TPSA) is 59.6 Å². The minimum atomic E-state index is -0.0447. The largest absolute Gasteiger partial charge is 0.335 e. The van der Waals surface area contributed by atoms with E-state index in [0.29, 0.717) is 6.42 Å². The van der Waals surface area contributed by atoms with Crippen molar-refractivity contribution in [3.63, 3.8) is 0 Å². The molecule has 1 heterocycles. The Bertz CT molecular complexity index is 153. The first-order chi connectivity index (χ1) is 6.33. The average molecular weight is 186 g/mol. The lowest BCUT2D eigenvalue weighted by atomic mass is 10.2. The lowest BCUT2D eigenvalue weighted by Gasteiger charge is -2.15. The molecule has 1 fully saturated rings. The van der Waals surface area contributed by atoms with Gasteiger partial charge in [0.15, 0.2) is 0 Å². The number of nitrogens with one attached hydrogen (secondary N) is 2. The van der Waals surface area contributed by atoms with Gasteiger partial charge in [0.05, 0.1) is 26.1 Å². The monoisotopic (exact) mass is 186 g/mol. The molecule has 1 rings (SSSR count). The van der Waals surface area contributed by atoms with Crippen molar-refractivity contribution in [1.82, 2.24) is 5.43 Å². The van der Waals surface area contributed by atoms with Crippen LogP contribution < -0.4 is 16.2 Å². The molecule has 0 aromatic heterocycles. The molecule has 0 spiro atoms. The highest BCUT2D eigenvalue weighted by atomic mass is 16.2. The second-order valence-electron chi connectivity index (χ2n) is 3.73. The molecule has 1 saturated heterocycles. The van der Waals surface area contributed by atoms with Crippen LogP contribution in [0.15, 0.2) is 0 Å². The van der Waals surface area contributed by atoms with E-state index in [1.54, 1.807) is 4.90 Å². The van der Waals surface area contributed by atoms with E-state index in [9.17, 15) is 4.79 Å². The Labute approximate surface area is 79.4 Å². The Balaban J connectivity index is 2.15. The molecule has 4 N–H and O–H groups in total. The van der Waals surface area contributed by atoms with Gasteiger partial charge in [-0.25, -0.2) is 5.84 Å². The van der Waals surface area contributed by atoms with Crippen LogP contribution in [0.4, 0.5) is 0 Å². The third-order valence-corrected chi connectivity index (χ3v) is 2.68. The molecule has 0 saturated carbocycles. The summed E-state index contributed by atoms with van der Waals surface area (Å²) in [6.45, 7) is 3.37. The van der Waals surface area contributed by atoms with Gasteiger partial charge in [0.25, 0.3) is 0 Å². The predicted octanol–water partition coefficient (Wildman–Crippen LogP) is -1.17. The van der Waals surface area contributed by atoms with E-state index < -0.39 is 0 Å². The summed E-state index contributed by atoms with van der Waals surface area (Å²) in [5.41, 5.74) is 2.17. The fourth-order valence-corrected chi connectivity index (χ4v) is 1.84. The van der Waals surface area contributed by atoms with Crippen LogP contribution in [-0.2, 0) is 4.79 Å². The molecule has 1 aliphatic rings. The maximum Gasteiger partial charge on any atom is 0.239 e. The maximum atomic E-state index is 10.9. The van der Waals surface area contributed by atoms with Crippen LogP contribution in [0.2, 0.25) is 0 Å². The van der Waals surface area contributed by atoms with Crippen LogP contribution in [-0.4, -0.2) is 25.5 Å². The summed E-state index contributed by atoms with van der Waals surface area (Å²) in [5.74, 6) is 4.97. The first kappa shape index (κ1) is 10.5. The molecule has 0 radical (unpaired) electrons. The van der Waals surface area contributed by atoms with Crippen molar-refractivity contribution in [3.05, 3.63) is 0 Å². The number of carbonyl (C=O) groups excluding carboxylic acids is 1. The Hall–Kier alpha value is -0.610. The third kappa shape index (κ3) is 4.24. The molecule has 1 amide bonds. The average Bonchev–Trinajstić information content (AvgIpc) is 2.42. The van der Waals surface area contributed by atoms with Crippen molar-refractivity contribution in [1.29, 1.82) is 0 Å². The zero-order chi connectivity index (χ0) is 9.52. The van der Waals surface area contributed by atoms with E-state index in [-0.39, 0.29) is 5.91 Å². The summed E-state index contributed by atoms with van der Waals surface area (Å²) < 4.78 is 0. The Kier molecular flexibility index (Phi) is 4.78. The van der Waals surface area contributed by atoms with E-state index in [1.807, 2.05) is 0 Å². The lowest BCUT2D eigenvalue weighted by molar-refractivity contribution is -0.898. The molecule has 0 aliphatic carbocycles. The molecule has 4 nitrogen and oxygen atoms in total. The number of hydrazine groups is 1. The van der Waals surface area contributed by atoms with Crippen molar-refractivity contribution in [2.75, 3.05) is 19.6 Å². The van der Waals surface area contributed by atoms with Crippen molar-refractivity contribution in [3.8, 4) is 0 Å². The van der Waals surface area contributed by atoms with Crippen LogP contribution in [0.3, 0.4) is 0 Å². The molecular weight excluding hydrogens is 166 g/mol. The Morgan fingerprint density at radius 3 is 2.38 bits per heavy atom. The van der Waals surface area contributed by atoms with Gasteiger partial charge >= 0.3 is 0 Å². The number of quaternary nitrogens is 1. The molecule has 1 aliphatic heterocycles. The zero-order valence-corrected chi connectivity index (χ0v) is 8.14. The molecule has 4 heteroatoms. The molecule has 13 heavy (non-hydrogen) atoms. The van der Waals surface area contributed by atoms with E-state index in [4.69, 9.17) is 5.84 Å². The Morgan fingerprint density at radius 1 is 1.23 bits per heavy atom. The van der Waals surface area contributed by atoms with Gasteiger partial charge in [0.2, 0.25) is 5.91 Å². The van der Waals surface area contributed by atoms with Crippen molar-refractivity contribution in [2.45, 2.75) is 32.1 Å².